The molecule has 1 fully saturated rings. The number of aryl methyl sites for hydroxylation is 1. The molecule has 0 unspecified atom stereocenters. The summed E-state index contributed by atoms with van der Waals surface area (Å²) in [6, 6.07) is 17.7. The van der Waals surface area contributed by atoms with E-state index in [0.29, 0.717) is 31.8 Å². The molecule has 2 heterocycles. The lowest BCUT2D eigenvalue weighted by Crippen LogP contribution is -2.41. The van der Waals surface area contributed by atoms with E-state index in [2.05, 4.69) is 20.2 Å². The summed E-state index contributed by atoms with van der Waals surface area (Å²) in [6.45, 7) is 4.12. The molecular formula is C26H30N4O3. The minimum Gasteiger partial charge on any atom is -0.490 e. The Balaban J connectivity index is 1.35. The Morgan fingerprint density at radius 2 is 1.88 bits per heavy atom. The first kappa shape index (κ1) is 22.6. The van der Waals surface area contributed by atoms with Crippen LogP contribution in [0.2, 0.25) is 0 Å². The molecule has 1 amide bonds. The van der Waals surface area contributed by atoms with Crippen molar-refractivity contribution in [3.63, 3.8) is 0 Å². The van der Waals surface area contributed by atoms with E-state index in [4.69, 9.17) is 9.47 Å². The molecule has 0 aliphatic carbocycles. The average Bonchev–Trinajstić information content (AvgIpc) is 2.85. The number of carbonyl (C=O) groups is 1. The van der Waals surface area contributed by atoms with Crippen LogP contribution in [0.4, 0.5) is 11.6 Å². The van der Waals surface area contributed by atoms with E-state index in [1.165, 1.54) is 0 Å². The molecule has 0 radical (unpaired) electrons. The molecule has 1 aliphatic heterocycles. The Labute approximate surface area is 194 Å². The van der Waals surface area contributed by atoms with Gasteiger partial charge in [0.1, 0.15) is 11.9 Å². The molecule has 0 bridgehead atoms. The van der Waals surface area contributed by atoms with E-state index in [9.17, 15) is 4.79 Å². The third kappa shape index (κ3) is 6.44. The standard InChI is InChI=1S/C26H30N4O3/c1-2-32-22-12-6-7-13-23(22)33-21-11-8-16-30(19-21)25-18-27-17-24(28-25)29-26(31)15-14-20-9-4-3-5-10-20/h3-7,9-10,12-13,17-18,21H,2,8,11,14-16,19H2,1H3,(H,28,29,31)/t21-/m1/s1. The minimum atomic E-state index is -0.0716. The van der Waals surface area contributed by atoms with E-state index in [1.54, 1.807) is 12.4 Å². The normalized spacial score (nSPS) is 15.7. The van der Waals surface area contributed by atoms with Crippen LogP contribution in [0.3, 0.4) is 0 Å². The molecule has 33 heavy (non-hydrogen) atoms. The van der Waals surface area contributed by atoms with Crippen molar-refractivity contribution in [2.24, 2.45) is 0 Å². The lowest BCUT2D eigenvalue weighted by molar-refractivity contribution is -0.116. The van der Waals surface area contributed by atoms with Gasteiger partial charge in [0, 0.05) is 13.0 Å². The van der Waals surface area contributed by atoms with Gasteiger partial charge in [0.25, 0.3) is 0 Å². The fourth-order valence-corrected chi connectivity index (χ4v) is 3.92. The third-order valence-corrected chi connectivity index (χ3v) is 5.52. The average molecular weight is 447 g/mol. The van der Waals surface area contributed by atoms with E-state index >= 15 is 0 Å². The molecule has 1 aliphatic rings. The van der Waals surface area contributed by atoms with Crippen LogP contribution < -0.4 is 19.7 Å². The van der Waals surface area contributed by atoms with Crippen molar-refractivity contribution < 1.29 is 14.3 Å². The first-order valence-corrected chi connectivity index (χ1v) is 11.5. The molecule has 7 nitrogen and oxygen atoms in total. The number of rotatable bonds is 9. The van der Waals surface area contributed by atoms with Crippen molar-refractivity contribution in [1.82, 2.24) is 9.97 Å². The molecule has 2 aromatic carbocycles. The smallest absolute Gasteiger partial charge is 0.225 e. The SMILES string of the molecule is CCOc1ccccc1O[C@@H]1CCCN(c2cncc(NC(=O)CCc3ccccc3)n2)C1. The molecule has 1 atom stereocenters. The zero-order chi connectivity index (χ0) is 22.9. The number of hydrogen-bond acceptors (Lipinski definition) is 6. The number of piperidine rings is 1. The highest BCUT2D eigenvalue weighted by molar-refractivity contribution is 5.89. The van der Waals surface area contributed by atoms with Crippen molar-refractivity contribution in [2.75, 3.05) is 29.9 Å². The van der Waals surface area contributed by atoms with Gasteiger partial charge in [-0.25, -0.2) is 4.98 Å². The van der Waals surface area contributed by atoms with Crippen molar-refractivity contribution in [1.29, 1.82) is 0 Å². The lowest BCUT2D eigenvalue weighted by Gasteiger charge is -2.33. The van der Waals surface area contributed by atoms with Gasteiger partial charge in [-0.3, -0.25) is 9.78 Å². The highest BCUT2D eigenvalue weighted by Gasteiger charge is 2.24. The number of benzene rings is 2. The summed E-state index contributed by atoms with van der Waals surface area (Å²) in [7, 11) is 0. The molecule has 3 aromatic rings. The van der Waals surface area contributed by atoms with Gasteiger partial charge in [-0.2, -0.15) is 0 Å². The Morgan fingerprint density at radius 3 is 2.70 bits per heavy atom. The molecule has 4 rings (SSSR count). The summed E-state index contributed by atoms with van der Waals surface area (Å²) in [5.41, 5.74) is 1.14. The third-order valence-electron chi connectivity index (χ3n) is 5.52. The molecular weight excluding hydrogens is 416 g/mol. The fraction of sp³-hybridized carbons (Fsp3) is 0.346. The Hall–Kier alpha value is -3.61. The second-order valence-electron chi connectivity index (χ2n) is 8.00. The largest absolute Gasteiger partial charge is 0.490 e. The summed E-state index contributed by atoms with van der Waals surface area (Å²) in [5.74, 6) is 2.66. The Bertz CT molecular complexity index is 1040. The highest BCUT2D eigenvalue weighted by atomic mass is 16.5. The number of para-hydroxylation sites is 2. The van der Waals surface area contributed by atoms with Gasteiger partial charge < -0.3 is 19.7 Å². The van der Waals surface area contributed by atoms with Crippen LogP contribution in [0.25, 0.3) is 0 Å². The monoisotopic (exact) mass is 446 g/mol. The van der Waals surface area contributed by atoms with Crippen molar-refractivity contribution in [2.45, 2.75) is 38.7 Å². The van der Waals surface area contributed by atoms with Gasteiger partial charge >= 0.3 is 0 Å². The number of hydrogen-bond donors (Lipinski definition) is 1. The topological polar surface area (TPSA) is 76.6 Å². The van der Waals surface area contributed by atoms with E-state index in [0.717, 1.165) is 42.3 Å². The predicted octanol–water partition coefficient (Wildman–Crippen LogP) is 4.49. The maximum Gasteiger partial charge on any atom is 0.225 e. The van der Waals surface area contributed by atoms with E-state index in [-0.39, 0.29) is 12.0 Å². The molecule has 1 aromatic heterocycles. The van der Waals surface area contributed by atoms with Gasteiger partial charge in [-0.15, -0.1) is 0 Å². The second-order valence-corrected chi connectivity index (χ2v) is 8.00. The van der Waals surface area contributed by atoms with Crippen LogP contribution in [0.1, 0.15) is 31.7 Å². The second kappa shape index (κ2) is 11.3. The molecule has 7 heteroatoms. The van der Waals surface area contributed by atoms with E-state index in [1.807, 2.05) is 61.5 Å². The van der Waals surface area contributed by atoms with Crippen molar-refractivity contribution >= 4 is 17.5 Å². The summed E-state index contributed by atoms with van der Waals surface area (Å²) < 4.78 is 12.0. The zero-order valence-electron chi connectivity index (χ0n) is 18.9. The fourth-order valence-electron chi connectivity index (χ4n) is 3.92. The molecule has 172 valence electrons. The Morgan fingerprint density at radius 1 is 1.09 bits per heavy atom. The predicted molar refractivity (Wildman–Crippen MR) is 129 cm³/mol. The van der Waals surface area contributed by atoms with Crippen LogP contribution in [-0.2, 0) is 11.2 Å². The number of anilines is 2. The number of nitrogens with zero attached hydrogens (tertiary/aromatic N) is 3. The highest BCUT2D eigenvalue weighted by Crippen LogP contribution is 2.30. The zero-order valence-corrected chi connectivity index (χ0v) is 18.9. The van der Waals surface area contributed by atoms with Crippen LogP contribution in [0.5, 0.6) is 11.5 Å². The first-order valence-electron chi connectivity index (χ1n) is 11.5. The summed E-state index contributed by atoms with van der Waals surface area (Å²) in [6.07, 6.45) is 6.36. The quantitative estimate of drug-likeness (QED) is 0.522. The van der Waals surface area contributed by atoms with Crippen LogP contribution >= 0.6 is 0 Å². The van der Waals surface area contributed by atoms with E-state index < -0.39 is 0 Å². The summed E-state index contributed by atoms with van der Waals surface area (Å²) in [4.78, 5) is 23.5. The van der Waals surface area contributed by atoms with Gasteiger partial charge in [-0.1, -0.05) is 42.5 Å². The number of aromatic nitrogens is 2. The van der Waals surface area contributed by atoms with Crippen LogP contribution in [-0.4, -0.2) is 41.7 Å². The maximum absolute atomic E-state index is 12.4. The van der Waals surface area contributed by atoms with Gasteiger partial charge in [-0.05, 0) is 43.9 Å². The van der Waals surface area contributed by atoms with Gasteiger partial charge in [0.15, 0.2) is 17.3 Å². The molecule has 0 spiro atoms. The lowest BCUT2D eigenvalue weighted by atomic mass is 10.1. The number of amides is 1. The maximum atomic E-state index is 12.4. The number of ether oxygens (including phenoxy) is 2. The first-order chi connectivity index (χ1) is 16.2. The number of nitrogens with one attached hydrogen (secondary N) is 1. The van der Waals surface area contributed by atoms with Gasteiger partial charge in [0.2, 0.25) is 5.91 Å². The summed E-state index contributed by atoms with van der Waals surface area (Å²) >= 11 is 0. The molecule has 0 saturated carbocycles. The van der Waals surface area contributed by atoms with Crippen molar-refractivity contribution in [3.8, 4) is 11.5 Å². The molecule has 1 N–H and O–H groups in total. The minimum absolute atomic E-state index is 0.0197. The molecule has 1 saturated heterocycles. The Kier molecular flexibility index (Phi) is 7.74. The van der Waals surface area contributed by atoms with Crippen LogP contribution in [0.15, 0.2) is 67.0 Å². The van der Waals surface area contributed by atoms with Crippen LogP contribution in [0, 0.1) is 0 Å². The summed E-state index contributed by atoms with van der Waals surface area (Å²) in [5, 5.41) is 2.88. The number of carbonyl (C=O) groups excluding carboxylic acids is 1. The van der Waals surface area contributed by atoms with Crippen molar-refractivity contribution in [3.05, 3.63) is 72.6 Å². The van der Waals surface area contributed by atoms with Gasteiger partial charge in [0.05, 0.1) is 25.5 Å².